The first-order chi connectivity index (χ1) is 10.8. The van der Waals surface area contributed by atoms with Gasteiger partial charge in [0.2, 0.25) is 0 Å². The lowest BCUT2D eigenvalue weighted by Gasteiger charge is -2.22. The molecular formula is C16H14ClN5. The number of aryl methyl sites for hydroxylation is 1. The Hall–Kier alpha value is -2.27. The van der Waals surface area contributed by atoms with Crippen LogP contribution in [0.15, 0.2) is 42.7 Å². The van der Waals surface area contributed by atoms with Gasteiger partial charge in [-0.1, -0.05) is 17.7 Å². The molecule has 1 atom stereocenters. The highest BCUT2D eigenvalue weighted by Crippen LogP contribution is 2.31. The fourth-order valence-corrected chi connectivity index (χ4v) is 3.12. The molecule has 0 fully saturated rings. The number of pyridine rings is 2. The van der Waals surface area contributed by atoms with Gasteiger partial charge < -0.3 is 0 Å². The Morgan fingerprint density at radius 2 is 2.00 bits per heavy atom. The Morgan fingerprint density at radius 3 is 2.82 bits per heavy atom. The highest BCUT2D eigenvalue weighted by Gasteiger charge is 2.25. The van der Waals surface area contributed by atoms with Crippen LogP contribution in [-0.2, 0) is 13.0 Å². The van der Waals surface area contributed by atoms with E-state index in [4.69, 9.17) is 11.6 Å². The first-order valence-corrected chi connectivity index (χ1v) is 7.64. The molecule has 110 valence electrons. The Morgan fingerprint density at radius 1 is 1.09 bits per heavy atom. The lowest BCUT2D eigenvalue weighted by molar-refractivity contribution is 0.429. The highest BCUT2D eigenvalue weighted by atomic mass is 35.5. The van der Waals surface area contributed by atoms with Crippen molar-refractivity contribution in [1.29, 1.82) is 0 Å². The van der Waals surface area contributed by atoms with Crippen molar-refractivity contribution in [3.8, 4) is 11.5 Å². The van der Waals surface area contributed by atoms with E-state index in [2.05, 4.69) is 20.1 Å². The summed E-state index contributed by atoms with van der Waals surface area (Å²) in [6.45, 7) is 0.826. The third-order valence-electron chi connectivity index (χ3n) is 3.93. The van der Waals surface area contributed by atoms with Gasteiger partial charge in [0.25, 0.3) is 0 Å². The van der Waals surface area contributed by atoms with Gasteiger partial charge in [-0.25, -0.2) is 9.67 Å². The maximum Gasteiger partial charge on any atom is 0.200 e. The third kappa shape index (κ3) is 2.37. The fraction of sp³-hybridized carbons (Fsp3) is 0.250. The fourth-order valence-electron chi connectivity index (χ4n) is 2.84. The molecule has 22 heavy (non-hydrogen) atoms. The molecule has 3 aromatic rings. The van der Waals surface area contributed by atoms with Crippen molar-refractivity contribution < 1.29 is 0 Å². The topological polar surface area (TPSA) is 56.5 Å². The molecule has 1 aliphatic rings. The third-order valence-corrected chi connectivity index (χ3v) is 4.25. The van der Waals surface area contributed by atoms with Crippen LogP contribution in [-0.4, -0.2) is 24.7 Å². The number of hydrogen-bond acceptors (Lipinski definition) is 4. The van der Waals surface area contributed by atoms with Crippen LogP contribution in [0.1, 0.15) is 23.9 Å². The lowest BCUT2D eigenvalue weighted by atomic mass is 9.94. The van der Waals surface area contributed by atoms with Gasteiger partial charge in [0.15, 0.2) is 5.82 Å². The molecule has 4 rings (SSSR count). The van der Waals surface area contributed by atoms with Gasteiger partial charge in [-0.3, -0.25) is 9.97 Å². The molecule has 0 radical (unpaired) electrons. The summed E-state index contributed by atoms with van der Waals surface area (Å²) in [5, 5.41) is 5.29. The summed E-state index contributed by atoms with van der Waals surface area (Å²) >= 11 is 6.27. The Labute approximate surface area is 133 Å². The molecular weight excluding hydrogens is 298 g/mol. The second kappa shape index (κ2) is 5.50. The van der Waals surface area contributed by atoms with Crippen molar-refractivity contribution in [1.82, 2.24) is 24.7 Å². The van der Waals surface area contributed by atoms with E-state index in [1.807, 2.05) is 35.0 Å². The molecule has 0 saturated carbocycles. The molecule has 0 bridgehead atoms. The maximum absolute atomic E-state index is 6.27. The predicted octanol–water partition coefficient (Wildman–Crippen LogP) is 3.12. The van der Waals surface area contributed by atoms with E-state index in [1.54, 1.807) is 12.4 Å². The van der Waals surface area contributed by atoms with Crippen LogP contribution in [0.2, 0.25) is 5.02 Å². The molecule has 0 amide bonds. The van der Waals surface area contributed by atoms with Crippen molar-refractivity contribution in [3.63, 3.8) is 0 Å². The van der Waals surface area contributed by atoms with Crippen LogP contribution in [0.3, 0.4) is 0 Å². The van der Waals surface area contributed by atoms with Gasteiger partial charge in [0.1, 0.15) is 11.5 Å². The average molecular weight is 312 g/mol. The van der Waals surface area contributed by atoms with E-state index in [1.165, 1.54) is 0 Å². The Balaban J connectivity index is 1.64. The van der Waals surface area contributed by atoms with Crippen LogP contribution in [0.4, 0.5) is 0 Å². The minimum atomic E-state index is 0.294. The van der Waals surface area contributed by atoms with Crippen LogP contribution in [0.25, 0.3) is 11.5 Å². The van der Waals surface area contributed by atoms with Gasteiger partial charge >= 0.3 is 0 Å². The standard InChI is InChI=1S/C16H14ClN5/c17-12-4-3-8-19-15(12)11-6-9-22-14(10-11)20-16(21-22)13-5-1-2-7-18-13/h1-5,7-8,11H,6,9-10H2. The quantitative estimate of drug-likeness (QED) is 0.729. The zero-order chi connectivity index (χ0) is 14.9. The van der Waals surface area contributed by atoms with Crippen LogP contribution < -0.4 is 0 Å². The number of halogens is 1. The summed E-state index contributed by atoms with van der Waals surface area (Å²) < 4.78 is 1.97. The van der Waals surface area contributed by atoms with Crippen molar-refractivity contribution in [2.45, 2.75) is 25.3 Å². The minimum Gasteiger partial charge on any atom is -0.259 e. The minimum absolute atomic E-state index is 0.294. The molecule has 6 heteroatoms. The van der Waals surface area contributed by atoms with Gasteiger partial charge in [-0.15, -0.1) is 5.10 Å². The number of rotatable bonds is 2. The second-order valence-corrected chi connectivity index (χ2v) is 5.76. The summed E-state index contributed by atoms with van der Waals surface area (Å²) in [5.74, 6) is 1.95. The molecule has 0 aliphatic carbocycles. The smallest absolute Gasteiger partial charge is 0.200 e. The molecule has 1 aliphatic heterocycles. The molecule has 3 aromatic heterocycles. The predicted molar refractivity (Wildman–Crippen MR) is 83.6 cm³/mol. The number of aromatic nitrogens is 5. The van der Waals surface area contributed by atoms with E-state index in [9.17, 15) is 0 Å². The van der Waals surface area contributed by atoms with Crippen LogP contribution in [0.5, 0.6) is 0 Å². The van der Waals surface area contributed by atoms with Gasteiger partial charge in [-0.05, 0) is 30.7 Å². The normalized spacial score (nSPS) is 17.2. The molecule has 1 unspecified atom stereocenters. The molecule has 0 saturated heterocycles. The first kappa shape index (κ1) is 13.4. The van der Waals surface area contributed by atoms with E-state index < -0.39 is 0 Å². The van der Waals surface area contributed by atoms with E-state index in [0.29, 0.717) is 11.7 Å². The summed E-state index contributed by atoms with van der Waals surface area (Å²) in [5.41, 5.74) is 1.76. The van der Waals surface area contributed by atoms with Crippen LogP contribution in [0, 0.1) is 0 Å². The van der Waals surface area contributed by atoms with Gasteiger partial charge in [0, 0.05) is 31.3 Å². The second-order valence-electron chi connectivity index (χ2n) is 5.35. The first-order valence-electron chi connectivity index (χ1n) is 7.27. The summed E-state index contributed by atoms with van der Waals surface area (Å²) in [6.07, 6.45) is 5.32. The molecule has 5 nitrogen and oxygen atoms in total. The number of hydrogen-bond donors (Lipinski definition) is 0. The number of fused-ring (bicyclic) bond motifs is 1. The van der Waals surface area contributed by atoms with Crippen molar-refractivity contribution in [3.05, 3.63) is 59.3 Å². The summed E-state index contributed by atoms with van der Waals surface area (Å²) in [6, 6.07) is 9.50. The van der Waals surface area contributed by atoms with Crippen LogP contribution >= 0.6 is 11.6 Å². The van der Waals surface area contributed by atoms with E-state index >= 15 is 0 Å². The van der Waals surface area contributed by atoms with Crippen molar-refractivity contribution in [2.75, 3.05) is 0 Å². The molecule has 4 heterocycles. The Bertz CT molecular complexity index is 799. The maximum atomic E-state index is 6.27. The Kier molecular flexibility index (Phi) is 3.35. The van der Waals surface area contributed by atoms with Gasteiger partial charge in [-0.2, -0.15) is 0 Å². The average Bonchev–Trinajstić information content (AvgIpc) is 2.99. The van der Waals surface area contributed by atoms with Crippen molar-refractivity contribution >= 4 is 11.6 Å². The summed E-state index contributed by atoms with van der Waals surface area (Å²) in [7, 11) is 0. The molecule has 0 N–H and O–H groups in total. The highest BCUT2D eigenvalue weighted by molar-refractivity contribution is 6.31. The SMILES string of the molecule is Clc1cccnc1C1CCn2nc(-c3ccccn3)nc2C1. The largest absolute Gasteiger partial charge is 0.259 e. The zero-order valence-corrected chi connectivity index (χ0v) is 12.6. The zero-order valence-electron chi connectivity index (χ0n) is 11.9. The van der Waals surface area contributed by atoms with E-state index in [-0.39, 0.29) is 0 Å². The van der Waals surface area contributed by atoms with Gasteiger partial charge in [0.05, 0.1) is 10.7 Å². The summed E-state index contributed by atoms with van der Waals surface area (Å²) in [4.78, 5) is 13.4. The molecule has 0 aromatic carbocycles. The monoisotopic (exact) mass is 311 g/mol. The van der Waals surface area contributed by atoms with Crippen molar-refractivity contribution in [2.24, 2.45) is 0 Å². The number of nitrogens with zero attached hydrogens (tertiary/aromatic N) is 5. The molecule has 0 spiro atoms. The van der Waals surface area contributed by atoms with E-state index in [0.717, 1.165) is 41.6 Å². The lowest BCUT2D eigenvalue weighted by Crippen LogP contribution is -2.20.